The smallest absolute Gasteiger partial charge is 0.154 e. The summed E-state index contributed by atoms with van der Waals surface area (Å²) in [6, 6.07) is -0.162. The molecule has 4 heteroatoms. The molecule has 2 rings (SSSR count). The van der Waals surface area contributed by atoms with Crippen LogP contribution >= 0.6 is 0 Å². The Morgan fingerprint density at radius 2 is 2.20 bits per heavy atom. The van der Waals surface area contributed by atoms with Gasteiger partial charge in [-0.3, -0.25) is 4.79 Å². The average Bonchev–Trinajstić information content (AvgIpc) is 2.87. The minimum atomic E-state index is -0.162. The summed E-state index contributed by atoms with van der Waals surface area (Å²) in [4.78, 5) is 11.5. The minimum Gasteiger partial charge on any atom is -0.298 e. The van der Waals surface area contributed by atoms with Gasteiger partial charge in [-0.25, -0.2) is 4.68 Å². The molecule has 1 heterocycles. The van der Waals surface area contributed by atoms with Crippen LogP contribution in [0.5, 0.6) is 0 Å². The Labute approximate surface area is 89.7 Å². The first-order chi connectivity index (χ1) is 7.09. The van der Waals surface area contributed by atoms with Gasteiger partial charge in [0.2, 0.25) is 0 Å². The highest BCUT2D eigenvalue weighted by Gasteiger charge is 2.29. The minimum absolute atomic E-state index is 0.150. The monoisotopic (exact) mass is 207 g/mol. The van der Waals surface area contributed by atoms with Crippen LogP contribution in [0.1, 0.15) is 51.3 Å². The fourth-order valence-electron chi connectivity index (χ4n) is 1.95. The Hall–Kier alpha value is -1.19. The number of carbonyl (C=O) groups excluding carboxylic acids is 1. The van der Waals surface area contributed by atoms with Gasteiger partial charge in [0.1, 0.15) is 6.04 Å². The molecular formula is C11H17N3O. The van der Waals surface area contributed by atoms with Crippen molar-refractivity contribution < 1.29 is 4.79 Å². The number of carbonyl (C=O) groups is 1. The molecule has 1 unspecified atom stereocenters. The molecule has 1 aromatic rings. The van der Waals surface area contributed by atoms with E-state index in [2.05, 4.69) is 10.3 Å². The van der Waals surface area contributed by atoms with Gasteiger partial charge in [-0.2, -0.15) is 0 Å². The van der Waals surface area contributed by atoms with Crippen molar-refractivity contribution in [1.29, 1.82) is 0 Å². The van der Waals surface area contributed by atoms with Crippen LogP contribution in [0.25, 0.3) is 0 Å². The van der Waals surface area contributed by atoms with Crippen LogP contribution in [0.3, 0.4) is 0 Å². The number of Topliss-reactive ketones (excluding diaryl/α,β-unsaturated/α-hetero) is 1. The van der Waals surface area contributed by atoms with E-state index < -0.39 is 0 Å². The van der Waals surface area contributed by atoms with Gasteiger partial charge in [-0.05, 0) is 25.7 Å². The maximum absolute atomic E-state index is 11.5. The standard InChI is InChI=1S/C11H17N3O/c1-7(2)11(8(3)15)14-6-10(12-13-14)9-4-5-9/h6-7,9,11H,4-5H2,1-3H3. The van der Waals surface area contributed by atoms with Crippen LogP contribution in [0.2, 0.25) is 0 Å². The van der Waals surface area contributed by atoms with Crippen molar-refractivity contribution in [2.45, 2.75) is 45.6 Å². The van der Waals surface area contributed by atoms with Crippen LogP contribution in [-0.2, 0) is 4.79 Å². The van der Waals surface area contributed by atoms with Crippen LogP contribution in [0, 0.1) is 5.92 Å². The summed E-state index contributed by atoms with van der Waals surface area (Å²) in [6.45, 7) is 5.68. The summed E-state index contributed by atoms with van der Waals surface area (Å²) in [5.74, 6) is 1.01. The Bertz CT molecular complexity index is 366. The molecule has 0 N–H and O–H groups in total. The van der Waals surface area contributed by atoms with Crippen LogP contribution < -0.4 is 0 Å². The lowest BCUT2D eigenvalue weighted by atomic mass is 10.0. The Morgan fingerprint density at radius 1 is 1.53 bits per heavy atom. The summed E-state index contributed by atoms with van der Waals surface area (Å²) < 4.78 is 1.72. The molecule has 1 aliphatic rings. The summed E-state index contributed by atoms with van der Waals surface area (Å²) in [5.41, 5.74) is 1.04. The van der Waals surface area contributed by atoms with Crippen LogP contribution in [0.4, 0.5) is 0 Å². The number of ketones is 1. The van der Waals surface area contributed by atoms with Crippen LogP contribution in [0.15, 0.2) is 6.20 Å². The van der Waals surface area contributed by atoms with Crippen molar-refractivity contribution in [2.24, 2.45) is 5.92 Å². The maximum atomic E-state index is 11.5. The molecule has 0 saturated heterocycles. The maximum Gasteiger partial charge on any atom is 0.154 e. The third-order valence-electron chi connectivity index (χ3n) is 2.86. The molecule has 1 fully saturated rings. The van der Waals surface area contributed by atoms with Gasteiger partial charge in [-0.15, -0.1) is 5.10 Å². The first-order valence-electron chi connectivity index (χ1n) is 5.51. The lowest BCUT2D eigenvalue weighted by Crippen LogP contribution is -2.22. The van der Waals surface area contributed by atoms with E-state index in [9.17, 15) is 4.79 Å². The van der Waals surface area contributed by atoms with Crippen LogP contribution in [-0.4, -0.2) is 20.8 Å². The molecule has 0 aromatic carbocycles. The second-order valence-corrected chi connectivity index (χ2v) is 4.70. The van der Waals surface area contributed by atoms with E-state index in [1.165, 1.54) is 12.8 Å². The third kappa shape index (κ3) is 2.08. The summed E-state index contributed by atoms with van der Waals surface area (Å²) >= 11 is 0. The van der Waals surface area contributed by atoms with E-state index in [-0.39, 0.29) is 17.7 Å². The van der Waals surface area contributed by atoms with Crippen molar-refractivity contribution in [2.75, 3.05) is 0 Å². The van der Waals surface area contributed by atoms with Gasteiger partial charge in [0.15, 0.2) is 5.78 Å². The first-order valence-corrected chi connectivity index (χ1v) is 5.51. The molecule has 1 saturated carbocycles. The number of nitrogens with zero attached hydrogens (tertiary/aromatic N) is 3. The van der Waals surface area contributed by atoms with Crippen molar-refractivity contribution in [3.63, 3.8) is 0 Å². The van der Waals surface area contributed by atoms with E-state index in [0.29, 0.717) is 5.92 Å². The molecule has 0 radical (unpaired) electrons. The first kappa shape index (κ1) is 10.3. The Kier molecular flexibility index (Phi) is 2.59. The predicted octanol–water partition coefficient (Wildman–Crippen LogP) is 1.94. The lowest BCUT2D eigenvalue weighted by Gasteiger charge is -2.16. The third-order valence-corrected chi connectivity index (χ3v) is 2.86. The summed E-state index contributed by atoms with van der Waals surface area (Å²) in [7, 11) is 0. The molecule has 1 aliphatic carbocycles. The summed E-state index contributed by atoms with van der Waals surface area (Å²) in [6.07, 6.45) is 4.36. The van der Waals surface area contributed by atoms with E-state index in [0.717, 1.165) is 5.69 Å². The molecule has 1 atom stereocenters. The highest BCUT2D eigenvalue weighted by molar-refractivity contribution is 5.80. The molecule has 0 amide bonds. The molecule has 0 bridgehead atoms. The molecule has 15 heavy (non-hydrogen) atoms. The lowest BCUT2D eigenvalue weighted by molar-refractivity contribution is -0.121. The van der Waals surface area contributed by atoms with Crippen molar-refractivity contribution >= 4 is 5.78 Å². The second kappa shape index (κ2) is 3.76. The molecular weight excluding hydrogens is 190 g/mol. The zero-order valence-corrected chi connectivity index (χ0v) is 9.47. The zero-order chi connectivity index (χ0) is 11.0. The summed E-state index contributed by atoms with van der Waals surface area (Å²) in [5, 5.41) is 8.19. The van der Waals surface area contributed by atoms with Crippen molar-refractivity contribution in [3.05, 3.63) is 11.9 Å². The molecule has 1 aromatic heterocycles. The van der Waals surface area contributed by atoms with E-state index >= 15 is 0 Å². The van der Waals surface area contributed by atoms with Gasteiger partial charge in [0.25, 0.3) is 0 Å². The normalized spacial score (nSPS) is 18.1. The highest BCUT2D eigenvalue weighted by Crippen LogP contribution is 2.38. The topological polar surface area (TPSA) is 47.8 Å². The molecule has 4 nitrogen and oxygen atoms in total. The number of hydrogen-bond donors (Lipinski definition) is 0. The van der Waals surface area contributed by atoms with Gasteiger partial charge in [0, 0.05) is 12.1 Å². The zero-order valence-electron chi connectivity index (χ0n) is 9.47. The van der Waals surface area contributed by atoms with Gasteiger partial charge >= 0.3 is 0 Å². The van der Waals surface area contributed by atoms with Gasteiger partial charge < -0.3 is 0 Å². The second-order valence-electron chi connectivity index (χ2n) is 4.70. The quantitative estimate of drug-likeness (QED) is 0.758. The fraction of sp³-hybridized carbons (Fsp3) is 0.727. The van der Waals surface area contributed by atoms with E-state index in [1.54, 1.807) is 11.6 Å². The highest BCUT2D eigenvalue weighted by atomic mass is 16.1. The fourth-order valence-corrected chi connectivity index (χ4v) is 1.95. The van der Waals surface area contributed by atoms with Gasteiger partial charge in [0.05, 0.1) is 5.69 Å². The Morgan fingerprint density at radius 3 is 2.67 bits per heavy atom. The number of hydrogen-bond acceptors (Lipinski definition) is 3. The van der Waals surface area contributed by atoms with Crippen molar-refractivity contribution in [1.82, 2.24) is 15.0 Å². The van der Waals surface area contributed by atoms with Crippen molar-refractivity contribution in [3.8, 4) is 0 Å². The SMILES string of the molecule is CC(=O)C(C(C)C)n1cc(C2CC2)nn1. The van der Waals surface area contributed by atoms with Gasteiger partial charge in [-0.1, -0.05) is 19.1 Å². The number of rotatable bonds is 4. The Balaban J connectivity index is 2.21. The number of aromatic nitrogens is 3. The molecule has 82 valence electrons. The van der Waals surface area contributed by atoms with E-state index in [1.807, 2.05) is 20.0 Å². The van der Waals surface area contributed by atoms with E-state index in [4.69, 9.17) is 0 Å². The largest absolute Gasteiger partial charge is 0.298 e. The molecule has 0 aliphatic heterocycles. The predicted molar refractivity (Wildman–Crippen MR) is 56.6 cm³/mol. The average molecular weight is 207 g/mol. The molecule has 0 spiro atoms.